The zero-order chi connectivity index (χ0) is 20.7. The number of nitrogens with zero attached hydrogens (tertiary/aromatic N) is 2. The van der Waals surface area contributed by atoms with Gasteiger partial charge in [-0.2, -0.15) is 5.26 Å². The van der Waals surface area contributed by atoms with Crippen molar-refractivity contribution in [1.82, 2.24) is 4.90 Å². The van der Waals surface area contributed by atoms with E-state index < -0.39 is 17.3 Å². The number of rotatable bonds is 5. The molecule has 0 bridgehead atoms. The lowest BCUT2D eigenvalue weighted by molar-refractivity contribution is -0.115. The van der Waals surface area contributed by atoms with Gasteiger partial charge in [0.05, 0.1) is 18.4 Å². The van der Waals surface area contributed by atoms with Gasteiger partial charge in [0.1, 0.15) is 23.6 Å². The maximum absolute atomic E-state index is 13.5. The van der Waals surface area contributed by atoms with E-state index in [0.29, 0.717) is 25.4 Å². The molecule has 0 unspecified atom stereocenters. The number of hydrogen-bond acceptors (Lipinski definition) is 5. The van der Waals surface area contributed by atoms with Crippen LogP contribution in [-0.2, 0) is 9.53 Å². The van der Waals surface area contributed by atoms with Gasteiger partial charge in [-0.3, -0.25) is 4.79 Å². The molecule has 1 aromatic rings. The second-order valence-corrected chi connectivity index (χ2v) is 7.75. The van der Waals surface area contributed by atoms with Gasteiger partial charge in [0.15, 0.2) is 0 Å². The molecular weight excluding hydrogens is 365 g/mol. The van der Waals surface area contributed by atoms with Gasteiger partial charge >= 0.3 is 6.09 Å². The van der Waals surface area contributed by atoms with E-state index >= 15 is 0 Å². The molecule has 1 aliphatic heterocycles. The summed E-state index contributed by atoms with van der Waals surface area (Å²) in [5.41, 5.74) is -0.321. The van der Waals surface area contributed by atoms with E-state index in [2.05, 4.69) is 5.32 Å². The van der Waals surface area contributed by atoms with Gasteiger partial charge in [0, 0.05) is 19.2 Å². The van der Waals surface area contributed by atoms with Crippen LogP contribution in [0.15, 0.2) is 18.2 Å². The Morgan fingerprint density at radius 3 is 2.61 bits per heavy atom. The van der Waals surface area contributed by atoms with Crippen molar-refractivity contribution in [2.45, 2.75) is 45.6 Å². The highest BCUT2D eigenvalue weighted by Crippen LogP contribution is 2.28. The molecule has 8 heteroatoms. The van der Waals surface area contributed by atoms with E-state index in [-0.39, 0.29) is 24.1 Å². The van der Waals surface area contributed by atoms with Gasteiger partial charge in [-0.05, 0) is 51.7 Å². The molecule has 1 N–H and O–H groups in total. The van der Waals surface area contributed by atoms with E-state index in [9.17, 15) is 14.0 Å². The zero-order valence-electron chi connectivity index (χ0n) is 16.5. The third kappa shape index (κ3) is 6.72. The van der Waals surface area contributed by atoms with Crippen LogP contribution in [0.2, 0.25) is 0 Å². The number of nitrogens with one attached hydrogen (secondary N) is 1. The number of benzene rings is 1. The lowest BCUT2D eigenvalue weighted by atomic mass is 9.98. The fourth-order valence-electron chi connectivity index (χ4n) is 2.81. The van der Waals surface area contributed by atoms with E-state index in [1.807, 2.05) is 20.8 Å². The third-order valence-electron chi connectivity index (χ3n) is 4.20. The number of piperidine rings is 1. The number of anilines is 1. The average Bonchev–Trinajstić information content (AvgIpc) is 2.60. The SMILES string of the molecule is CC(C)(C)OC(=O)N1CCC(COc2ccc(F)cc2NC(=O)CC#N)CC1. The number of halogens is 1. The van der Waals surface area contributed by atoms with Gasteiger partial charge < -0.3 is 19.7 Å². The summed E-state index contributed by atoms with van der Waals surface area (Å²) in [6, 6.07) is 5.61. The van der Waals surface area contributed by atoms with Crippen LogP contribution in [0.3, 0.4) is 0 Å². The third-order valence-corrected chi connectivity index (χ3v) is 4.20. The molecule has 1 aliphatic rings. The molecule has 1 fully saturated rings. The van der Waals surface area contributed by atoms with Gasteiger partial charge in [0.25, 0.3) is 0 Å². The number of amides is 2. The standard InChI is InChI=1S/C20H26FN3O4/c1-20(2,3)28-19(26)24-10-7-14(8-11-24)13-27-17-5-4-15(21)12-16(17)23-18(25)6-9-22/h4-5,12,14H,6-8,10-11,13H2,1-3H3,(H,23,25). The Kier molecular flexibility index (Phi) is 7.21. The number of ether oxygens (including phenoxy) is 2. The van der Waals surface area contributed by atoms with Crippen LogP contribution in [0.4, 0.5) is 14.9 Å². The number of nitriles is 1. The van der Waals surface area contributed by atoms with Crippen LogP contribution >= 0.6 is 0 Å². The summed E-state index contributed by atoms with van der Waals surface area (Å²) >= 11 is 0. The molecule has 7 nitrogen and oxygen atoms in total. The first kappa shape index (κ1) is 21.5. The van der Waals surface area contributed by atoms with Crippen molar-refractivity contribution in [3.8, 4) is 11.8 Å². The van der Waals surface area contributed by atoms with Crippen LogP contribution in [0.25, 0.3) is 0 Å². The molecule has 0 radical (unpaired) electrons. The van der Waals surface area contributed by atoms with Crippen LogP contribution in [0, 0.1) is 23.1 Å². The molecule has 1 heterocycles. The highest BCUT2D eigenvalue weighted by molar-refractivity contribution is 5.93. The summed E-state index contributed by atoms with van der Waals surface area (Å²) in [5, 5.41) is 11.1. The largest absolute Gasteiger partial charge is 0.491 e. The van der Waals surface area contributed by atoms with Crippen molar-refractivity contribution < 1.29 is 23.5 Å². The maximum Gasteiger partial charge on any atom is 0.410 e. The Hall–Kier alpha value is -2.82. The second-order valence-electron chi connectivity index (χ2n) is 7.75. The monoisotopic (exact) mass is 391 g/mol. The molecule has 152 valence electrons. The minimum Gasteiger partial charge on any atom is -0.491 e. The fraction of sp³-hybridized carbons (Fsp3) is 0.550. The van der Waals surface area contributed by atoms with Crippen molar-refractivity contribution >= 4 is 17.7 Å². The van der Waals surface area contributed by atoms with Crippen molar-refractivity contribution in [2.24, 2.45) is 5.92 Å². The zero-order valence-corrected chi connectivity index (χ0v) is 16.5. The lowest BCUT2D eigenvalue weighted by Crippen LogP contribution is -2.42. The van der Waals surface area contributed by atoms with Gasteiger partial charge in [-0.1, -0.05) is 0 Å². The second kappa shape index (κ2) is 9.40. The predicted octanol–water partition coefficient (Wildman–Crippen LogP) is 3.70. The minimum absolute atomic E-state index is 0.200. The molecule has 1 saturated heterocycles. The summed E-state index contributed by atoms with van der Waals surface area (Å²) in [4.78, 5) is 25.4. The fourth-order valence-corrected chi connectivity index (χ4v) is 2.81. The van der Waals surface area contributed by atoms with Crippen LogP contribution in [-0.4, -0.2) is 42.2 Å². The van der Waals surface area contributed by atoms with Crippen molar-refractivity contribution in [3.05, 3.63) is 24.0 Å². The quantitative estimate of drug-likeness (QED) is 0.826. The Bertz CT molecular complexity index is 747. The van der Waals surface area contributed by atoms with E-state index in [1.165, 1.54) is 12.1 Å². The number of carbonyl (C=O) groups excluding carboxylic acids is 2. The van der Waals surface area contributed by atoms with E-state index in [0.717, 1.165) is 18.9 Å². The summed E-state index contributed by atoms with van der Waals surface area (Å²) in [6.45, 7) is 7.05. The van der Waals surface area contributed by atoms with E-state index in [1.54, 1.807) is 11.0 Å². The predicted molar refractivity (Wildman–Crippen MR) is 101 cm³/mol. The first-order valence-corrected chi connectivity index (χ1v) is 9.25. The molecule has 0 aromatic heterocycles. The Morgan fingerprint density at radius 1 is 1.32 bits per heavy atom. The lowest BCUT2D eigenvalue weighted by Gasteiger charge is -2.33. The molecule has 28 heavy (non-hydrogen) atoms. The number of likely N-dealkylation sites (tertiary alicyclic amines) is 1. The highest BCUT2D eigenvalue weighted by atomic mass is 19.1. The topological polar surface area (TPSA) is 91.7 Å². The van der Waals surface area contributed by atoms with Crippen molar-refractivity contribution in [2.75, 3.05) is 25.0 Å². The molecule has 0 aliphatic carbocycles. The Balaban J connectivity index is 1.88. The molecule has 0 atom stereocenters. The van der Waals surface area contributed by atoms with Gasteiger partial charge in [0.2, 0.25) is 5.91 Å². The van der Waals surface area contributed by atoms with Crippen molar-refractivity contribution in [1.29, 1.82) is 5.26 Å². The molecule has 0 spiro atoms. The van der Waals surface area contributed by atoms with Crippen molar-refractivity contribution in [3.63, 3.8) is 0 Å². The average molecular weight is 391 g/mol. The first-order valence-electron chi connectivity index (χ1n) is 9.25. The van der Waals surface area contributed by atoms with E-state index in [4.69, 9.17) is 14.7 Å². The smallest absolute Gasteiger partial charge is 0.410 e. The number of carbonyl (C=O) groups is 2. The molecule has 0 saturated carbocycles. The Labute approximate surface area is 164 Å². The minimum atomic E-state index is -0.524. The summed E-state index contributed by atoms with van der Waals surface area (Å²) in [7, 11) is 0. The number of hydrogen-bond donors (Lipinski definition) is 1. The molecule has 2 rings (SSSR count). The summed E-state index contributed by atoms with van der Waals surface area (Å²) < 4.78 is 24.7. The normalized spacial score (nSPS) is 14.9. The highest BCUT2D eigenvalue weighted by Gasteiger charge is 2.27. The molecular formula is C20H26FN3O4. The van der Waals surface area contributed by atoms with Gasteiger partial charge in [-0.25, -0.2) is 9.18 Å². The summed E-state index contributed by atoms with van der Waals surface area (Å²) in [6.07, 6.45) is 0.888. The van der Waals surface area contributed by atoms with Crippen LogP contribution in [0.1, 0.15) is 40.0 Å². The van der Waals surface area contributed by atoms with Crippen LogP contribution < -0.4 is 10.1 Å². The summed E-state index contributed by atoms with van der Waals surface area (Å²) in [5.74, 6) is -0.456. The first-order chi connectivity index (χ1) is 13.2. The molecule has 1 aromatic carbocycles. The maximum atomic E-state index is 13.5. The van der Waals surface area contributed by atoms with Gasteiger partial charge in [-0.15, -0.1) is 0 Å². The molecule has 2 amide bonds. The van der Waals surface area contributed by atoms with Crippen LogP contribution in [0.5, 0.6) is 5.75 Å². The Morgan fingerprint density at radius 2 is 2.00 bits per heavy atom.